The summed E-state index contributed by atoms with van der Waals surface area (Å²) in [7, 11) is 0. The molecule has 146 valence electrons. The number of amides is 1. The lowest BCUT2D eigenvalue weighted by molar-refractivity contribution is -0.128. The average Bonchev–Trinajstić information content (AvgIpc) is 3.28. The lowest BCUT2D eigenvalue weighted by Gasteiger charge is -2.33. The fourth-order valence-corrected chi connectivity index (χ4v) is 4.76. The van der Waals surface area contributed by atoms with Crippen molar-refractivity contribution in [1.82, 2.24) is 19.9 Å². The van der Waals surface area contributed by atoms with Crippen LogP contribution in [0.15, 0.2) is 47.5 Å². The van der Waals surface area contributed by atoms with Crippen LogP contribution in [0.2, 0.25) is 0 Å². The van der Waals surface area contributed by atoms with Crippen molar-refractivity contribution in [2.45, 2.75) is 55.9 Å². The molecule has 0 saturated carbocycles. The molecule has 28 heavy (non-hydrogen) atoms. The van der Waals surface area contributed by atoms with Crippen LogP contribution in [0.25, 0.3) is 0 Å². The summed E-state index contributed by atoms with van der Waals surface area (Å²) in [5.41, 5.74) is 4.39. The van der Waals surface area contributed by atoms with Gasteiger partial charge in [0.05, 0.1) is 5.69 Å². The maximum Gasteiger partial charge on any atom is 0.249 e. The van der Waals surface area contributed by atoms with Crippen LogP contribution in [0.3, 0.4) is 0 Å². The standard InChI is InChI=1S/C22H26N4OS/c1-16-12-24-22(28-15-17-6-4-10-23-13-17)25-20(16)19-9-5-11-26(14-19)21(27)18-7-2-3-8-18/h4,6-7,10,12-13,19H,2-3,5,8-9,11,14-15H2,1H3/t19-/m0/s1. The number of likely N-dealkylation sites (tertiary alicyclic amines) is 1. The summed E-state index contributed by atoms with van der Waals surface area (Å²) in [5, 5.41) is 0.798. The van der Waals surface area contributed by atoms with Gasteiger partial charge in [0, 0.05) is 48.9 Å². The van der Waals surface area contributed by atoms with Crippen molar-refractivity contribution < 1.29 is 4.79 Å². The normalized spacial score (nSPS) is 19.5. The quantitative estimate of drug-likeness (QED) is 0.559. The first-order valence-electron chi connectivity index (χ1n) is 10.0. The van der Waals surface area contributed by atoms with Crippen LogP contribution in [-0.4, -0.2) is 38.8 Å². The molecule has 4 rings (SSSR count). The first-order chi connectivity index (χ1) is 13.7. The minimum absolute atomic E-state index is 0.236. The molecule has 0 unspecified atom stereocenters. The van der Waals surface area contributed by atoms with Gasteiger partial charge in [-0.2, -0.15) is 0 Å². The Morgan fingerprint density at radius 3 is 3.04 bits per heavy atom. The highest BCUT2D eigenvalue weighted by Crippen LogP contribution is 2.31. The van der Waals surface area contributed by atoms with E-state index >= 15 is 0 Å². The molecule has 0 bridgehead atoms. The number of rotatable bonds is 5. The molecule has 0 aromatic carbocycles. The zero-order valence-corrected chi connectivity index (χ0v) is 17.1. The van der Waals surface area contributed by atoms with Gasteiger partial charge >= 0.3 is 0 Å². The minimum atomic E-state index is 0.236. The maximum absolute atomic E-state index is 12.8. The Kier molecular flexibility index (Phi) is 6.05. The maximum atomic E-state index is 12.8. The Hall–Kier alpha value is -2.21. The summed E-state index contributed by atoms with van der Waals surface area (Å²) in [4.78, 5) is 28.4. The summed E-state index contributed by atoms with van der Waals surface area (Å²) in [5.74, 6) is 1.33. The topological polar surface area (TPSA) is 59.0 Å². The summed E-state index contributed by atoms with van der Waals surface area (Å²) in [6.07, 6.45) is 12.9. The van der Waals surface area contributed by atoms with Gasteiger partial charge in [0.25, 0.3) is 0 Å². The SMILES string of the molecule is Cc1cnc(SCc2cccnc2)nc1[C@H]1CCCN(C(=O)C2=CCCC2)C1. The highest BCUT2D eigenvalue weighted by atomic mass is 32.2. The third-order valence-corrected chi connectivity index (χ3v) is 6.42. The molecular formula is C22H26N4OS. The first-order valence-corrected chi connectivity index (χ1v) is 11.0. The number of aromatic nitrogens is 3. The molecule has 2 aromatic rings. The van der Waals surface area contributed by atoms with Crippen molar-refractivity contribution in [3.05, 3.63) is 59.2 Å². The van der Waals surface area contributed by atoms with E-state index in [-0.39, 0.29) is 5.91 Å². The molecule has 1 aliphatic heterocycles. The van der Waals surface area contributed by atoms with E-state index in [2.05, 4.69) is 29.0 Å². The first kappa shape index (κ1) is 19.1. The average molecular weight is 395 g/mol. The van der Waals surface area contributed by atoms with Gasteiger partial charge in [0.15, 0.2) is 5.16 Å². The number of nitrogens with zero attached hydrogens (tertiary/aromatic N) is 4. The van der Waals surface area contributed by atoms with Gasteiger partial charge in [0.2, 0.25) is 5.91 Å². The van der Waals surface area contributed by atoms with Gasteiger partial charge in [0.1, 0.15) is 0 Å². The molecular weight excluding hydrogens is 368 g/mol. The van der Waals surface area contributed by atoms with Crippen LogP contribution >= 0.6 is 11.8 Å². The molecule has 5 nitrogen and oxygen atoms in total. The molecule has 2 aromatic heterocycles. The van der Waals surface area contributed by atoms with Crippen molar-refractivity contribution in [1.29, 1.82) is 0 Å². The third-order valence-electron chi connectivity index (χ3n) is 5.49. The van der Waals surface area contributed by atoms with Gasteiger partial charge in [-0.3, -0.25) is 9.78 Å². The predicted molar refractivity (Wildman–Crippen MR) is 111 cm³/mol. The number of carbonyl (C=O) groups excluding carboxylic acids is 1. The van der Waals surface area contributed by atoms with E-state index in [9.17, 15) is 4.79 Å². The third kappa shape index (κ3) is 4.43. The smallest absolute Gasteiger partial charge is 0.249 e. The molecule has 0 spiro atoms. The second-order valence-corrected chi connectivity index (χ2v) is 8.53. The second kappa shape index (κ2) is 8.86. The Morgan fingerprint density at radius 2 is 2.25 bits per heavy atom. The minimum Gasteiger partial charge on any atom is -0.338 e. The Labute approximate surface area is 170 Å². The molecule has 0 radical (unpaired) electrons. The zero-order valence-electron chi connectivity index (χ0n) is 16.3. The van der Waals surface area contributed by atoms with Gasteiger partial charge in [-0.25, -0.2) is 9.97 Å². The number of hydrogen-bond acceptors (Lipinski definition) is 5. The van der Waals surface area contributed by atoms with Crippen molar-refractivity contribution in [2.75, 3.05) is 13.1 Å². The fraction of sp³-hybridized carbons (Fsp3) is 0.455. The van der Waals surface area contributed by atoms with Gasteiger partial charge in [-0.05, 0) is 56.2 Å². The summed E-state index contributed by atoms with van der Waals surface area (Å²) < 4.78 is 0. The van der Waals surface area contributed by atoms with E-state index in [0.29, 0.717) is 5.92 Å². The number of hydrogen-bond donors (Lipinski definition) is 0. The van der Waals surface area contributed by atoms with Crippen LogP contribution in [-0.2, 0) is 10.5 Å². The second-order valence-electron chi connectivity index (χ2n) is 7.58. The van der Waals surface area contributed by atoms with Crippen LogP contribution in [0.5, 0.6) is 0 Å². The lowest BCUT2D eigenvalue weighted by atomic mass is 9.92. The van der Waals surface area contributed by atoms with E-state index < -0.39 is 0 Å². The number of thioether (sulfide) groups is 1. The largest absolute Gasteiger partial charge is 0.338 e. The van der Waals surface area contributed by atoms with Crippen molar-refractivity contribution in [2.24, 2.45) is 0 Å². The van der Waals surface area contributed by atoms with Crippen molar-refractivity contribution >= 4 is 17.7 Å². The van der Waals surface area contributed by atoms with Crippen LogP contribution in [0, 0.1) is 6.92 Å². The van der Waals surface area contributed by atoms with Gasteiger partial charge in [-0.1, -0.05) is 23.9 Å². The Bertz CT molecular complexity index is 868. The number of aryl methyl sites for hydroxylation is 1. The van der Waals surface area contributed by atoms with Gasteiger partial charge < -0.3 is 4.90 Å². The van der Waals surface area contributed by atoms with Crippen molar-refractivity contribution in [3.63, 3.8) is 0 Å². The summed E-state index contributed by atoms with van der Waals surface area (Å²) in [6, 6.07) is 4.02. The predicted octanol–water partition coefficient (Wildman–Crippen LogP) is 4.29. The Morgan fingerprint density at radius 1 is 1.32 bits per heavy atom. The molecule has 1 atom stereocenters. The fourth-order valence-electron chi connectivity index (χ4n) is 4.01. The van der Waals surface area contributed by atoms with Crippen LogP contribution in [0.1, 0.15) is 54.8 Å². The van der Waals surface area contributed by atoms with Crippen LogP contribution in [0.4, 0.5) is 0 Å². The van der Waals surface area contributed by atoms with E-state index in [1.807, 2.05) is 23.4 Å². The van der Waals surface area contributed by atoms with E-state index in [4.69, 9.17) is 4.98 Å². The molecule has 1 aliphatic carbocycles. The zero-order chi connectivity index (χ0) is 19.3. The van der Waals surface area contributed by atoms with Crippen LogP contribution < -0.4 is 0 Å². The van der Waals surface area contributed by atoms with E-state index in [0.717, 1.165) is 78.5 Å². The Balaban J connectivity index is 1.46. The lowest BCUT2D eigenvalue weighted by Crippen LogP contribution is -2.40. The monoisotopic (exact) mass is 394 g/mol. The molecule has 1 amide bonds. The summed E-state index contributed by atoms with van der Waals surface area (Å²) >= 11 is 1.64. The molecule has 1 saturated heterocycles. The number of allylic oxidation sites excluding steroid dienone is 1. The van der Waals surface area contributed by atoms with Crippen molar-refractivity contribution in [3.8, 4) is 0 Å². The summed E-state index contributed by atoms with van der Waals surface area (Å²) in [6.45, 7) is 3.70. The number of carbonyl (C=O) groups is 1. The number of pyridine rings is 1. The molecule has 3 heterocycles. The highest BCUT2D eigenvalue weighted by Gasteiger charge is 2.29. The molecule has 1 fully saturated rings. The molecule has 0 N–H and O–H groups in total. The highest BCUT2D eigenvalue weighted by molar-refractivity contribution is 7.98. The van der Waals surface area contributed by atoms with E-state index in [1.54, 1.807) is 18.0 Å². The van der Waals surface area contributed by atoms with E-state index in [1.165, 1.54) is 0 Å². The molecule has 2 aliphatic rings. The number of piperidine rings is 1. The molecule has 6 heteroatoms. The van der Waals surface area contributed by atoms with Gasteiger partial charge in [-0.15, -0.1) is 0 Å².